The molecule has 0 spiro atoms. The van der Waals surface area contributed by atoms with E-state index in [-0.39, 0.29) is 14.8 Å². The van der Waals surface area contributed by atoms with Crippen LogP contribution in [0.1, 0.15) is 28.2 Å². The van der Waals surface area contributed by atoms with Gasteiger partial charge in [0.25, 0.3) is 10.0 Å². The number of carbonyl (C=O) groups is 1. The highest BCUT2D eigenvalue weighted by Gasteiger charge is 2.21. The third-order valence-electron chi connectivity index (χ3n) is 2.76. The Labute approximate surface area is 125 Å². The Hall–Kier alpha value is -1.90. The van der Waals surface area contributed by atoms with E-state index in [2.05, 4.69) is 4.72 Å². The molecule has 21 heavy (non-hydrogen) atoms. The first-order valence-electron chi connectivity index (χ1n) is 5.94. The van der Waals surface area contributed by atoms with Crippen molar-refractivity contribution >= 4 is 27.3 Å². The minimum Gasteiger partial charge on any atom is -0.508 e. The van der Waals surface area contributed by atoms with Crippen LogP contribution in [0.15, 0.2) is 40.6 Å². The lowest BCUT2D eigenvalue weighted by atomic mass is 10.1. The molecule has 0 amide bonds. The standard InChI is InChI=1S/C13H13NO5S2/c1-8(9-3-2-4-10(15)7-9)14-21(18,19)12-6-5-11(20-12)13(16)17/h2-8,14-15H,1H3,(H,16,17). The fraction of sp³-hybridized carbons (Fsp3) is 0.154. The second-order valence-corrected chi connectivity index (χ2v) is 7.39. The Balaban J connectivity index is 2.22. The molecule has 6 nitrogen and oxygen atoms in total. The van der Waals surface area contributed by atoms with Crippen molar-refractivity contribution in [3.8, 4) is 5.75 Å². The second kappa shape index (κ2) is 5.84. The van der Waals surface area contributed by atoms with Gasteiger partial charge in [0.2, 0.25) is 0 Å². The molecule has 0 saturated carbocycles. The summed E-state index contributed by atoms with van der Waals surface area (Å²) in [6.45, 7) is 1.64. The first-order chi connectivity index (χ1) is 9.79. The van der Waals surface area contributed by atoms with E-state index in [0.29, 0.717) is 16.9 Å². The van der Waals surface area contributed by atoms with E-state index in [4.69, 9.17) is 5.11 Å². The molecule has 2 aromatic rings. The molecule has 0 aliphatic rings. The van der Waals surface area contributed by atoms with E-state index in [9.17, 15) is 18.3 Å². The molecule has 0 saturated heterocycles. The number of aromatic hydroxyl groups is 1. The maximum absolute atomic E-state index is 12.2. The third kappa shape index (κ3) is 3.60. The van der Waals surface area contributed by atoms with Gasteiger partial charge < -0.3 is 10.2 Å². The zero-order chi connectivity index (χ0) is 15.6. The summed E-state index contributed by atoms with van der Waals surface area (Å²) >= 11 is 0.689. The molecule has 0 fully saturated rings. The zero-order valence-electron chi connectivity index (χ0n) is 11.0. The maximum Gasteiger partial charge on any atom is 0.345 e. The second-order valence-electron chi connectivity index (χ2n) is 4.36. The molecule has 112 valence electrons. The number of sulfonamides is 1. The summed E-state index contributed by atoms with van der Waals surface area (Å²) in [4.78, 5) is 10.7. The summed E-state index contributed by atoms with van der Waals surface area (Å²) in [7, 11) is -3.81. The number of hydrogen-bond acceptors (Lipinski definition) is 5. The van der Waals surface area contributed by atoms with Crippen molar-refractivity contribution in [1.29, 1.82) is 0 Å². The number of aromatic carboxylic acids is 1. The minimum absolute atomic E-state index is 0.0413. The van der Waals surface area contributed by atoms with E-state index in [1.165, 1.54) is 24.3 Å². The van der Waals surface area contributed by atoms with Gasteiger partial charge in [-0.2, -0.15) is 0 Å². The van der Waals surface area contributed by atoms with Crippen LogP contribution in [-0.2, 0) is 10.0 Å². The molecule has 1 atom stereocenters. The minimum atomic E-state index is -3.81. The third-order valence-corrected chi connectivity index (χ3v) is 5.86. The summed E-state index contributed by atoms with van der Waals surface area (Å²) in [6, 6.07) is 8.20. The van der Waals surface area contributed by atoms with Gasteiger partial charge in [0.15, 0.2) is 0 Å². The van der Waals surface area contributed by atoms with Gasteiger partial charge >= 0.3 is 5.97 Å². The average molecular weight is 327 g/mol. The van der Waals surface area contributed by atoms with Crippen LogP contribution < -0.4 is 4.72 Å². The van der Waals surface area contributed by atoms with Crippen molar-refractivity contribution in [3.63, 3.8) is 0 Å². The highest BCUT2D eigenvalue weighted by atomic mass is 32.2. The molecule has 1 aromatic carbocycles. The summed E-state index contributed by atoms with van der Waals surface area (Å²) in [5, 5.41) is 18.2. The van der Waals surface area contributed by atoms with Gasteiger partial charge in [-0.1, -0.05) is 12.1 Å². The van der Waals surface area contributed by atoms with E-state index in [1.54, 1.807) is 19.1 Å². The van der Waals surface area contributed by atoms with Gasteiger partial charge in [0.05, 0.1) is 0 Å². The molecule has 1 heterocycles. The van der Waals surface area contributed by atoms with E-state index in [0.717, 1.165) is 0 Å². The largest absolute Gasteiger partial charge is 0.508 e. The normalized spacial score (nSPS) is 13.0. The number of thiophene rings is 1. The predicted molar refractivity (Wildman–Crippen MR) is 78.1 cm³/mol. The van der Waals surface area contributed by atoms with Crippen LogP contribution in [0.3, 0.4) is 0 Å². The predicted octanol–water partition coefficient (Wildman–Crippen LogP) is 2.19. The van der Waals surface area contributed by atoms with Crippen LogP contribution in [-0.4, -0.2) is 24.6 Å². The van der Waals surface area contributed by atoms with Crippen molar-refractivity contribution < 1.29 is 23.4 Å². The molecular formula is C13H13NO5S2. The number of nitrogens with one attached hydrogen (secondary N) is 1. The number of phenolic OH excluding ortho intramolecular Hbond substituents is 1. The van der Waals surface area contributed by atoms with Gasteiger partial charge in [-0.25, -0.2) is 17.9 Å². The fourth-order valence-electron chi connectivity index (χ4n) is 1.73. The van der Waals surface area contributed by atoms with Gasteiger partial charge in [0, 0.05) is 6.04 Å². The molecule has 1 aromatic heterocycles. The number of carboxylic acid groups (broad SMARTS) is 1. The molecule has 0 bridgehead atoms. The van der Waals surface area contributed by atoms with Crippen molar-refractivity contribution in [3.05, 3.63) is 46.8 Å². The summed E-state index contributed by atoms with van der Waals surface area (Å²) in [5.41, 5.74) is 0.605. The Bertz CT molecular complexity index is 766. The molecule has 0 radical (unpaired) electrons. The Kier molecular flexibility index (Phi) is 4.31. The highest BCUT2D eigenvalue weighted by molar-refractivity contribution is 7.91. The van der Waals surface area contributed by atoms with Crippen LogP contribution in [0.4, 0.5) is 0 Å². The average Bonchev–Trinajstić information content (AvgIpc) is 2.88. The van der Waals surface area contributed by atoms with Crippen LogP contribution in [0.5, 0.6) is 5.75 Å². The molecule has 1 unspecified atom stereocenters. The molecule has 8 heteroatoms. The Morgan fingerprint density at radius 3 is 2.57 bits per heavy atom. The van der Waals surface area contributed by atoms with Crippen LogP contribution >= 0.6 is 11.3 Å². The first kappa shape index (κ1) is 15.5. The van der Waals surface area contributed by atoms with Crippen molar-refractivity contribution in [2.75, 3.05) is 0 Å². The molecular weight excluding hydrogens is 314 g/mol. The van der Waals surface area contributed by atoms with E-state index in [1.807, 2.05) is 0 Å². The van der Waals surface area contributed by atoms with Crippen molar-refractivity contribution in [2.24, 2.45) is 0 Å². The smallest absolute Gasteiger partial charge is 0.345 e. The summed E-state index contributed by atoms with van der Waals surface area (Å²) in [5.74, 6) is -1.12. The van der Waals surface area contributed by atoms with Crippen molar-refractivity contribution in [1.82, 2.24) is 4.72 Å². The molecule has 0 aliphatic carbocycles. The maximum atomic E-state index is 12.2. The molecule has 3 N–H and O–H groups in total. The monoisotopic (exact) mass is 327 g/mol. The van der Waals surface area contributed by atoms with Crippen LogP contribution in [0, 0.1) is 0 Å². The van der Waals surface area contributed by atoms with Gasteiger partial charge in [0.1, 0.15) is 14.8 Å². The van der Waals surface area contributed by atoms with Gasteiger partial charge in [-0.15, -0.1) is 11.3 Å². The van der Waals surface area contributed by atoms with Gasteiger partial charge in [-0.3, -0.25) is 0 Å². The van der Waals surface area contributed by atoms with Crippen LogP contribution in [0.2, 0.25) is 0 Å². The zero-order valence-corrected chi connectivity index (χ0v) is 12.6. The summed E-state index contributed by atoms with van der Waals surface area (Å²) < 4.78 is 26.7. The first-order valence-corrected chi connectivity index (χ1v) is 8.24. The Morgan fingerprint density at radius 2 is 2.00 bits per heavy atom. The molecule has 0 aliphatic heterocycles. The fourth-order valence-corrected chi connectivity index (χ4v) is 4.13. The van der Waals surface area contributed by atoms with Crippen molar-refractivity contribution in [2.45, 2.75) is 17.2 Å². The number of benzene rings is 1. The molecule has 2 rings (SSSR count). The summed E-state index contributed by atoms with van der Waals surface area (Å²) in [6.07, 6.45) is 0. The SMILES string of the molecule is CC(NS(=O)(=O)c1ccc(C(=O)O)s1)c1cccc(O)c1. The van der Waals surface area contributed by atoms with E-state index < -0.39 is 22.0 Å². The van der Waals surface area contributed by atoms with Gasteiger partial charge in [-0.05, 0) is 36.8 Å². The lowest BCUT2D eigenvalue weighted by Crippen LogP contribution is -2.26. The lowest BCUT2D eigenvalue weighted by molar-refractivity contribution is 0.0702. The number of rotatable bonds is 5. The highest BCUT2D eigenvalue weighted by Crippen LogP contribution is 2.24. The van der Waals surface area contributed by atoms with Crippen LogP contribution in [0.25, 0.3) is 0 Å². The number of hydrogen-bond donors (Lipinski definition) is 3. The topological polar surface area (TPSA) is 104 Å². The number of phenols is 1. The lowest BCUT2D eigenvalue weighted by Gasteiger charge is -2.14. The number of carboxylic acids is 1. The van der Waals surface area contributed by atoms with E-state index >= 15 is 0 Å². The Morgan fingerprint density at radius 1 is 1.29 bits per heavy atom. The quantitative estimate of drug-likeness (QED) is 0.781.